The number of benzene rings is 1. The van der Waals surface area contributed by atoms with Crippen LogP contribution in [0.25, 0.3) is 10.9 Å². The van der Waals surface area contributed by atoms with Gasteiger partial charge in [0.15, 0.2) is 5.96 Å². The summed E-state index contributed by atoms with van der Waals surface area (Å²) in [6.45, 7) is 6.37. The fourth-order valence-electron chi connectivity index (χ4n) is 3.39. The zero-order valence-corrected chi connectivity index (χ0v) is 19.4. The van der Waals surface area contributed by atoms with E-state index in [0.29, 0.717) is 0 Å². The van der Waals surface area contributed by atoms with E-state index in [4.69, 9.17) is 9.73 Å². The maximum absolute atomic E-state index is 5.53. The summed E-state index contributed by atoms with van der Waals surface area (Å²) < 4.78 is 5.75. The van der Waals surface area contributed by atoms with Crippen LogP contribution in [-0.2, 0) is 11.2 Å². The lowest BCUT2D eigenvalue weighted by atomic mass is 9.99. The van der Waals surface area contributed by atoms with Crippen molar-refractivity contribution in [3.05, 3.63) is 36.0 Å². The Morgan fingerprint density at radius 2 is 2.04 bits per heavy atom. The lowest BCUT2D eigenvalue weighted by molar-refractivity contribution is 0.0794. The molecule has 5 nitrogen and oxygen atoms in total. The quantitative estimate of drug-likeness (QED) is 0.306. The summed E-state index contributed by atoms with van der Waals surface area (Å²) in [4.78, 5) is 8.22. The first kappa shape index (κ1) is 22.4. The zero-order valence-electron chi connectivity index (χ0n) is 16.2. The number of nitrogens with one attached hydrogen (secondary N) is 3. The number of hydrogen-bond donors (Lipinski definition) is 3. The molecule has 3 rings (SSSR count). The summed E-state index contributed by atoms with van der Waals surface area (Å²) in [6.07, 6.45) is 7.42. The maximum atomic E-state index is 5.53. The van der Waals surface area contributed by atoms with E-state index in [0.717, 1.165) is 58.1 Å². The molecule has 0 radical (unpaired) electrons. The molecule has 2 heterocycles. The molecule has 3 N–H and O–H groups in total. The van der Waals surface area contributed by atoms with Crippen LogP contribution in [0.1, 0.15) is 25.3 Å². The number of para-hydroxylation sites is 1. The highest BCUT2D eigenvalue weighted by atomic mass is 127. The summed E-state index contributed by atoms with van der Waals surface area (Å²) in [6, 6.07) is 8.45. The topological polar surface area (TPSA) is 61.4 Å². The predicted molar refractivity (Wildman–Crippen MR) is 128 cm³/mol. The highest BCUT2D eigenvalue weighted by Crippen LogP contribution is 2.33. The van der Waals surface area contributed by atoms with Gasteiger partial charge in [-0.15, -0.1) is 24.0 Å². The largest absolute Gasteiger partial charge is 0.381 e. The highest BCUT2D eigenvalue weighted by molar-refractivity contribution is 14.0. The molecule has 1 aliphatic rings. The molecular formula is C20H31IN4OS. The van der Waals surface area contributed by atoms with E-state index in [-0.39, 0.29) is 28.7 Å². The van der Waals surface area contributed by atoms with E-state index in [1.807, 2.05) is 11.8 Å². The Balaban J connectivity index is 0.00000261. The monoisotopic (exact) mass is 502 g/mol. The summed E-state index contributed by atoms with van der Waals surface area (Å²) in [5.41, 5.74) is 2.54. The van der Waals surface area contributed by atoms with Gasteiger partial charge < -0.3 is 20.4 Å². The van der Waals surface area contributed by atoms with E-state index in [1.165, 1.54) is 16.5 Å². The van der Waals surface area contributed by atoms with Crippen LogP contribution in [0.5, 0.6) is 0 Å². The van der Waals surface area contributed by atoms with E-state index in [1.54, 1.807) is 0 Å². The third-order valence-corrected chi connectivity index (χ3v) is 6.47. The Kier molecular flexibility index (Phi) is 9.25. The number of guanidine groups is 1. The number of halogens is 1. The lowest BCUT2D eigenvalue weighted by Gasteiger charge is -2.34. The van der Waals surface area contributed by atoms with Crippen LogP contribution in [0.3, 0.4) is 0 Å². The Hall–Kier alpha value is -0.930. The van der Waals surface area contributed by atoms with Crippen molar-refractivity contribution in [3.63, 3.8) is 0 Å². The van der Waals surface area contributed by atoms with E-state index >= 15 is 0 Å². The van der Waals surface area contributed by atoms with Crippen LogP contribution in [0.15, 0.2) is 35.5 Å². The van der Waals surface area contributed by atoms with Crippen molar-refractivity contribution in [1.29, 1.82) is 0 Å². The van der Waals surface area contributed by atoms with Crippen LogP contribution in [-0.4, -0.2) is 54.8 Å². The normalized spacial score (nSPS) is 16.7. The summed E-state index contributed by atoms with van der Waals surface area (Å²) in [5, 5.41) is 8.17. The molecule has 7 heteroatoms. The van der Waals surface area contributed by atoms with Gasteiger partial charge in [0.25, 0.3) is 0 Å². The molecule has 1 aromatic heterocycles. The SMILES string of the molecule is CCNC(=NCC1(SC)CCOCC1)NCCc1c[nH]c2ccccc12.I. The Morgan fingerprint density at radius 1 is 1.26 bits per heavy atom. The molecule has 0 bridgehead atoms. The van der Waals surface area contributed by atoms with Crippen LogP contribution >= 0.6 is 35.7 Å². The van der Waals surface area contributed by atoms with Crippen LogP contribution < -0.4 is 10.6 Å². The number of fused-ring (bicyclic) bond motifs is 1. The van der Waals surface area contributed by atoms with Gasteiger partial charge in [0, 0.05) is 48.2 Å². The number of nitrogens with zero attached hydrogens (tertiary/aromatic N) is 1. The molecule has 27 heavy (non-hydrogen) atoms. The number of thioether (sulfide) groups is 1. The molecule has 0 unspecified atom stereocenters. The number of aliphatic imine (C=N–C) groups is 1. The summed E-state index contributed by atoms with van der Waals surface area (Å²) >= 11 is 1.93. The smallest absolute Gasteiger partial charge is 0.191 e. The van der Waals surface area contributed by atoms with Gasteiger partial charge in [-0.1, -0.05) is 18.2 Å². The first-order chi connectivity index (χ1) is 12.8. The molecule has 1 aromatic carbocycles. The van der Waals surface area contributed by atoms with Crippen molar-refractivity contribution < 1.29 is 4.74 Å². The predicted octanol–water partition coefficient (Wildman–Crippen LogP) is 3.80. The fraction of sp³-hybridized carbons (Fsp3) is 0.550. The molecule has 1 fully saturated rings. The second kappa shape index (κ2) is 11.2. The zero-order chi connectivity index (χ0) is 18.2. The molecular weight excluding hydrogens is 471 g/mol. The van der Waals surface area contributed by atoms with Gasteiger partial charge in [-0.05, 0) is 44.1 Å². The number of hydrogen-bond acceptors (Lipinski definition) is 3. The number of aromatic amines is 1. The molecule has 0 saturated carbocycles. The van der Waals surface area contributed by atoms with Crippen LogP contribution in [0.2, 0.25) is 0 Å². The second-order valence-electron chi connectivity index (χ2n) is 6.73. The molecule has 0 spiro atoms. The van der Waals surface area contributed by atoms with Gasteiger partial charge in [0.1, 0.15) is 0 Å². The van der Waals surface area contributed by atoms with E-state index in [9.17, 15) is 0 Å². The van der Waals surface area contributed by atoms with Gasteiger partial charge in [-0.25, -0.2) is 0 Å². The summed E-state index contributed by atoms with van der Waals surface area (Å²) in [7, 11) is 0. The minimum atomic E-state index is 0. The number of aromatic nitrogens is 1. The Labute approximate surface area is 183 Å². The highest BCUT2D eigenvalue weighted by Gasteiger charge is 2.31. The van der Waals surface area contributed by atoms with Crippen molar-refractivity contribution in [1.82, 2.24) is 15.6 Å². The summed E-state index contributed by atoms with van der Waals surface area (Å²) in [5.74, 6) is 0.909. The van der Waals surface area contributed by atoms with Crippen molar-refractivity contribution in [2.45, 2.75) is 30.9 Å². The Morgan fingerprint density at radius 3 is 2.78 bits per heavy atom. The number of ether oxygens (including phenoxy) is 1. The number of rotatable bonds is 7. The average Bonchev–Trinajstić information content (AvgIpc) is 3.10. The van der Waals surface area contributed by atoms with Crippen molar-refractivity contribution in [2.75, 3.05) is 39.1 Å². The van der Waals surface area contributed by atoms with Gasteiger partial charge in [-0.2, -0.15) is 11.8 Å². The van der Waals surface area contributed by atoms with E-state index in [2.05, 4.69) is 59.3 Å². The second-order valence-corrected chi connectivity index (χ2v) is 8.01. The van der Waals surface area contributed by atoms with Crippen molar-refractivity contribution >= 4 is 52.6 Å². The molecule has 1 aliphatic heterocycles. The van der Waals surface area contributed by atoms with Crippen molar-refractivity contribution in [3.8, 4) is 0 Å². The van der Waals surface area contributed by atoms with Gasteiger partial charge >= 0.3 is 0 Å². The van der Waals surface area contributed by atoms with Gasteiger partial charge in [0.2, 0.25) is 0 Å². The third kappa shape index (κ3) is 6.02. The van der Waals surface area contributed by atoms with Gasteiger partial charge in [0.05, 0.1) is 6.54 Å². The van der Waals surface area contributed by atoms with Crippen molar-refractivity contribution in [2.24, 2.45) is 4.99 Å². The maximum Gasteiger partial charge on any atom is 0.191 e. The van der Waals surface area contributed by atoms with Gasteiger partial charge in [-0.3, -0.25) is 4.99 Å². The van der Waals surface area contributed by atoms with E-state index < -0.39 is 0 Å². The fourth-order valence-corrected chi connectivity index (χ4v) is 4.16. The molecule has 0 amide bonds. The van der Waals surface area contributed by atoms with Crippen LogP contribution in [0.4, 0.5) is 0 Å². The standard InChI is InChI=1S/C20H30N4OS.HI/c1-3-21-19(24-15-20(26-2)9-12-25-13-10-20)22-11-8-16-14-23-18-7-5-4-6-17(16)18;/h4-7,14,23H,3,8-13,15H2,1-2H3,(H2,21,22,24);1H. The lowest BCUT2D eigenvalue weighted by Crippen LogP contribution is -2.41. The minimum Gasteiger partial charge on any atom is -0.381 e. The Bertz CT molecular complexity index is 728. The third-order valence-electron chi connectivity index (χ3n) is 5.07. The number of H-pyrrole nitrogens is 1. The molecule has 0 atom stereocenters. The minimum absolute atomic E-state index is 0. The molecule has 1 saturated heterocycles. The van der Waals surface area contributed by atoms with Crippen LogP contribution in [0, 0.1) is 0 Å². The molecule has 2 aromatic rings. The molecule has 150 valence electrons. The molecule has 0 aliphatic carbocycles. The first-order valence-electron chi connectivity index (χ1n) is 9.46. The first-order valence-corrected chi connectivity index (χ1v) is 10.7. The average molecular weight is 502 g/mol.